The van der Waals surface area contributed by atoms with Crippen LogP contribution in [0.25, 0.3) is 0 Å². The van der Waals surface area contributed by atoms with Crippen LogP contribution >= 0.6 is 11.6 Å². The van der Waals surface area contributed by atoms with Crippen LogP contribution in [-0.4, -0.2) is 47.7 Å². The molecule has 1 aromatic rings. The minimum absolute atomic E-state index is 0.119. The topological polar surface area (TPSA) is 92.9 Å². The molecule has 0 bridgehead atoms. The average molecular weight is 299 g/mol. The van der Waals surface area contributed by atoms with Crippen molar-refractivity contribution in [2.45, 2.75) is 12.5 Å². The number of rotatable bonds is 3. The molecule has 1 amide bonds. The summed E-state index contributed by atoms with van der Waals surface area (Å²) in [5.41, 5.74) is 6.45. The van der Waals surface area contributed by atoms with Gasteiger partial charge in [0.1, 0.15) is 0 Å². The summed E-state index contributed by atoms with van der Waals surface area (Å²) in [6.07, 6.45) is -0.596. The molecule has 108 valence electrons. The molecule has 1 atom stereocenters. The van der Waals surface area contributed by atoms with Crippen LogP contribution in [0.2, 0.25) is 5.02 Å². The standard InChI is InChI=1S/C13H15ClN2O4/c14-10-2-1-8(5-11(10)15)13(19)16-3-4-20-9(7-16)6-12(17)18/h1-2,5,9H,3-4,6-7,15H2,(H,17,18). The Kier molecular flexibility index (Phi) is 4.46. The van der Waals surface area contributed by atoms with E-state index >= 15 is 0 Å². The largest absolute Gasteiger partial charge is 0.481 e. The van der Waals surface area contributed by atoms with Crippen molar-refractivity contribution in [2.75, 3.05) is 25.4 Å². The first-order valence-corrected chi connectivity index (χ1v) is 6.53. The molecule has 0 spiro atoms. The molecule has 0 aliphatic carbocycles. The van der Waals surface area contributed by atoms with Crippen LogP contribution in [0.5, 0.6) is 0 Å². The number of carbonyl (C=O) groups excluding carboxylic acids is 1. The number of carboxylic acids is 1. The van der Waals surface area contributed by atoms with Crippen molar-refractivity contribution in [3.63, 3.8) is 0 Å². The van der Waals surface area contributed by atoms with E-state index in [9.17, 15) is 9.59 Å². The maximum Gasteiger partial charge on any atom is 0.306 e. The number of halogens is 1. The number of ether oxygens (including phenoxy) is 1. The fourth-order valence-corrected chi connectivity index (χ4v) is 2.20. The zero-order chi connectivity index (χ0) is 14.7. The van der Waals surface area contributed by atoms with Gasteiger partial charge in [0.15, 0.2) is 0 Å². The number of amides is 1. The van der Waals surface area contributed by atoms with Crippen molar-refractivity contribution < 1.29 is 19.4 Å². The van der Waals surface area contributed by atoms with E-state index in [1.165, 1.54) is 6.07 Å². The van der Waals surface area contributed by atoms with Gasteiger partial charge in [0.25, 0.3) is 5.91 Å². The van der Waals surface area contributed by atoms with Gasteiger partial charge >= 0.3 is 5.97 Å². The fraction of sp³-hybridized carbons (Fsp3) is 0.385. The van der Waals surface area contributed by atoms with Crippen LogP contribution in [0.3, 0.4) is 0 Å². The van der Waals surface area contributed by atoms with E-state index in [1.807, 2.05) is 0 Å². The maximum atomic E-state index is 12.3. The normalized spacial score (nSPS) is 18.9. The summed E-state index contributed by atoms with van der Waals surface area (Å²) in [4.78, 5) is 24.6. The van der Waals surface area contributed by atoms with Crippen LogP contribution in [0.1, 0.15) is 16.8 Å². The molecule has 3 N–H and O–H groups in total. The number of anilines is 1. The molecule has 0 radical (unpaired) electrons. The van der Waals surface area contributed by atoms with Gasteiger partial charge in [-0.3, -0.25) is 9.59 Å². The third-order valence-electron chi connectivity index (χ3n) is 3.07. The summed E-state index contributed by atoms with van der Waals surface area (Å²) in [5.74, 6) is -1.15. The number of nitrogens with zero attached hydrogens (tertiary/aromatic N) is 1. The van der Waals surface area contributed by atoms with E-state index in [-0.39, 0.29) is 18.9 Å². The Morgan fingerprint density at radius 1 is 1.50 bits per heavy atom. The zero-order valence-corrected chi connectivity index (χ0v) is 11.5. The first kappa shape index (κ1) is 14.6. The highest BCUT2D eigenvalue weighted by Crippen LogP contribution is 2.21. The second-order valence-corrected chi connectivity index (χ2v) is 4.99. The first-order chi connectivity index (χ1) is 9.47. The van der Waals surface area contributed by atoms with Gasteiger partial charge in [0, 0.05) is 18.7 Å². The van der Waals surface area contributed by atoms with Crippen molar-refractivity contribution in [3.8, 4) is 0 Å². The molecule has 1 aliphatic rings. The summed E-state index contributed by atoms with van der Waals surface area (Å²) in [6, 6.07) is 4.69. The van der Waals surface area contributed by atoms with E-state index in [4.69, 9.17) is 27.2 Å². The van der Waals surface area contributed by atoms with Crippen molar-refractivity contribution in [1.82, 2.24) is 4.90 Å². The molecule has 1 saturated heterocycles. The van der Waals surface area contributed by atoms with E-state index in [1.54, 1.807) is 17.0 Å². The fourth-order valence-electron chi connectivity index (χ4n) is 2.08. The first-order valence-electron chi connectivity index (χ1n) is 6.15. The van der Waals surface area contributed by atoms with Crippen LogP contribution in [0, 0.1) is 0 Å². The molecule has 20 heavy (non-hydrogen) atoms. The number of hydrogen-bond acceptors (Lipinski definition) is 4. The molecule has 0 saturated carbocycles. The van der Waals surface area contributed by atoms with Crippen molar-refractivity contribution in [1.29, 1.82) is 0 Å². The lowest BCUT2D eigenvalue weighted by molar-refractivity contribution is -0.141. The second kappa shape index (κ2) is 6.11. The Labute approximate surface area is 121 Å². The van der Waals surface area contributed by atoms with Gasteiger partial charge in [-0.05, 0) is 18.2 Å². The van der Waals surface area contributed by atoms with Crippen LogP contribution in [0.15, 0.2) is 18.2 Å². The molecule has 7 heteroatoms. The highest BCUT2D eigenvalue weighted by atomic mass is 35.5. The molecule has 1 aliphatic heterocycles. The highest BCUT2D eigenvalue weighted by molar-refractivity contribution is 6.33. The number of carboxylic acid groups (broad SMARTS) is 1. The summed E-state index contributed by atoms with van der Waals surface area (Å²) in [7, 11) is 0. The monoisotopic (exact) mass is 298 g/mol. The molecule has 1 aromatic carbocycles. The third-order valence-corrected chi connectivity index (χ3v) is 3.42. The van der Waals surface area contributed by atoms with Crippen LogP contribution in [0.4, 0.5) is 5.69 Å². The van der Waals surface area contributed by atoms with Gasteiger partial charge in [-0.25, -0.2) is 0 Å². The Morgan fingerprint density at radius 3 is 2.90 bits per heavy atom. The van der Waals surface area contributed by atoms with Gasteiger partial charge in [0.2, 0.25) is 0 Å². The van der Waals surface area contributed by atoms with Crippen molar-refractivity contribution in [2.24, 2.45) is 0 Å². The average Bonchev–Trinajstić information content (AvgIpc) is 2.40. The molecule has 1 fully saturated rings. The number of nitrogens with two attached hydrogens (primary N) is 1. The van der Waals surface area contributed by atoms with Gasteiger partial charge < -0.3 is 20.5 Å². The molecule has 2 rings (SSSR count). The quantitative estimate of drug-likeness (QED) is 0.819. The lowest BCUT2D eigenvalue weighted by Gasteiger charge is -2.32. The maximum absolute atomic E-state index is 12.3. The van der Waals surface area contributed by atoms with E-state index in [2.05, 4.69) is 0 Å². The van der Waals surface area contributed by atoms with E-state index in [0.717, 1.165) is 0 Å². The summed E-state index contributed by atoms with van der Waals surface area (Å²) >= 11 is 5.82. The molecular weight excluding hydrogens is 284 g/mol. The zero-order valence-electron chi connectivity index (χ0n) is 10.7. The lowest BCUT2D eigenvalue weighted by Crippen LogP contribution is -2.46. The summed E-state index contributed by atoms with van der Waals surface area (Å²) < 4.78 is 5.33. The smallest absolute Gasteiger partial charge is 0.306 e. The second-order valence-electron chi connectivity index (χ2n) is 4.58. The summed E-state index contributed by atoms with van der Waals surface area (Å²) in [5, 5.41) is 9.16. The van der Waals surface area contributed by atoms with Gasteiger partial charge in [-0.2, -0.15) is 0 Å². The summed E-state index contributed by atoms with van der Waals surface area (Å²) in [6.45, 7) is 1.01. The molecule has 0 aromatic heterocycles. The number of hydrogen-bond donors (Lipinski definition) is 2. The highest BCUT2D eigenvalue weighted by Gasteiger charge is 2.26. The molecule has 1 heterocycles. The Morgan fingerprint density at radius 2 is 2.25 bits per heavy atom. The molecular formula is C13H15ClN2O4. The Bertz CT molecular complexity index is 535. The Hall–Kier alpha value is -1.79. The number of benzene rings is 1. The van der Waals surface area contributed by atoms with Gasteiger partial charge in [0.05, 0.1) is 29.8 Å². The number of carbonyl (C=O) groups is 2. The minimum atomic E-state index is -0.944. The lowest BCUT2D eigenvalue weighted by atomic mass is 10.1. The Balaban J connectivity index is 2.08. The molecule has 6 nitrogen and oxygen atoms in total. The third kappa shape index (κ3) is 3.40. The molecule has 1 unspecified atom stereocenters. The van der Waals surface area contributed by atoms with Crippen molar-refractivity contribution >= 4 is 29.2 Å². The van der Waals surface area contributed by atoms with Gasteiger partial charge in [-0.1, -0.05) is 11.6 Å². The van der Waals surface area contributed by atoms with Crippen molar-refractivity contribution in [3.05, 3.63) is 28.8 Å². The number of aliphatic carboxylic acids is 1. The minimum Gasteiger partial charge on any atom is -0.481 e. The van der Waals surface area contributed by atoms with Crippen LogP contribution < -0.4 is 5.73 Å². The number of morpholine rings is 1. The predicted octanol–water partition coefficient (Wildman–Crippen LogP) is 1.24. The predicted molar refractivity (Wildman–Crippen MR) is 73.8 cm³/mol. The SMILES string of the molecule is Nc1cc(C(=O)N2CCOC(CC(=O)O)C2)ccc1Cl. The van der Waals surface area contributed by atoms with E-state index < -0.39 is 12.1 Å². The van der Waals surface area contributed by atoms with Gasteiger partial charge in [-0.15, -0.1) is 0 Å². The number of nitrogen functional groups attached to an aromatic ring is 1. The van der Waals surface area contributed by atoms with E-state index in [0.29, 0.717) is 29.4 Å². The van der Waals surface area contributed by atoms with Crippen LogP contribution in [-0.2, 0) is 9.53 Å².